The summed E-state index contributed by atoms with van der Waals surface area (Å²) in [6.45, 7) is 1.99. The van der Waals surface area contributed by atoms with Gasteiger partial charge in [0.15, 0.2) is 12.4 Å². The Labute approximate surface area is 177 Å². The number of nitrogens with zero attached hydrogens (tertiary/aromatic N) is 3. The van der Waals surface area contributed by atoms with Crippen LogP contribution in [0, 0.1) is 12.7 Å². The van der Waals surface area contributed by atoms with E-state index in [1.807, 2.05) is 37.3 Å². The minimum atomic E-state index is -0.414. The number of hydrogen-bond acceptors (Lipinski definition) is 6. The molecule has 2 aromatic carbocycles. The molecular formula is C23H19FN4O3. The van der Waals surface area contributed by atoms with E-state index in [1.54, 1.807) is 12.3 Å². The summed E-state index contributed by atoms with van der Waals surface area (Å²) in [7, 11) is 0. The van der Waals surface area contributed by atoms with E-state index in [-0.39, 0.29) is 12.5 Å². The first-order valence-electron chi connectivity index (χ1n) is 9.56. The van der Waals surface area contributed by atoms with Crippen molar-refractivity contribution in [3.63, 3.8) is 0 Å². The van der Waals surface area contributed by atoms with Crippen LogP contribution in [0.5, 0.6) is 5.75 Å². The molecule has 8 heteroatoms. The molecule has 4 aromatic rings. The van der Waals surface area contributed by atoms with Gasteiger partial charge in [-0.2, -0.15) is 0 Å². The van der Waals surface area contributed by atoms with E-state index < -0.39 is 5.82 Å². The van der Waals surface area contributed by atoms with Crippen molar-refractivity contribution in [2.75, 3.05) is 6.61 Å². The monoisotopic (exact) mass is 418 g/mol. The highest BCUT2D eigenvalue weighted by atomic mass is 19.1. The SMILES string of the molecule is Cc1cc(-c2cncnc2-c2ccc(CNC(=O)COc3cccc(F)c3)cc2)on1. The van der Waals surface area contributed by atoms with Crippen molar-refractivity contribution < 1.29 is 18.4 Å². The highest BCUT2D eigenvalue weighted by molar-refractivity contribution is 5.78. The lowest BCUT2D eigenvalue weighted by atomic mass is 10.0. The second-order valence-electron chi connectivity index (χ2n) is 6.84. The Hall–Kier alpha value is -4.07. The van der Waals surface area contributed by atoms with Gasteiger partial charge in [0.1, 0.15) is 17.9 Å². The Morgan fingerprint density at radius 1 is 1.16 bits per heavy atom. The third-order valence-electron chi connectivity index (χ3n) is 4.49. The summed E-state index contributed by atoms with van der Waals surface area (Å²) in [5.41, 5.74) is 4.05. The number of aromatic nitrogens is 3. The van der Waals surface area contributed by atoms with Gasteiger partial charge in [0.2, 0.25) is 0 Å². The number of ether oxygens (including phenoxy) is 1. The number of carbonyl (C=O) groups is 1. The molecule has 0 bridgehead atoms. The molecule has 0 spiro atoms. The maximum absolute atomic E-state index is 13.1. The minimum absolute atomic E-state index is 0.192. The Bertz CT molecular complexity index is 1190. The fraction of sp³-hybridized carbons (Fsp3) is 0.130. The van der Waals surface area contributed by atoms with Crippen LogP contribution in [0.15, 0.2) is 71.6 Å². The van der Waals surface area contributed by atoms with Crippen LogP contribution in [-0.4, -0.2) is 27.6 Å². The second-order valence-corrected chi connectivity index (χ2v) is 6.84. The summed E-state index contributed by atoms with van der Waals surface area (Å²) in [6.07, 6.45) is 3.17. The fourth-order valence-electron chi connectivity index (χ4n) is 2.97. The predicted molar refractivity (Wildman–Crippen MR) is 111 cm³/mol. The van der Waals surface area contributed by atoms with Crippen molar-refractivity contribution in [3.8, 4) is 28.3 Å². The van der Waals surface area contributed by atoms with Crippen LogP contribution in [0.4, 0.5) is 4.39 Å². The van der Waals surface area contributed by atoms with Gasteiger partial charge >= 0.3 is 0 Å². The molecule has 1 N–H and O–H groups in total. The first-order chi connectivity index (χ1) is 15.1. The zero-order valence-electron chi connectivity index (χ0n) is 16.7. The van der Waals surface area contributed by atoms with Crippen LogP contribution in [0.2, 0.25) is 0 Å². The summed E-state index contributed by atoms with van der Waals surface area (Å²) < 4.78 is 23.8. The van der Waals surface area contributed by atoms with Gasteiger partial charge in [-0.1, -0.05) is 35.5 Å². The number of hydrogen-bond donors (Lipinski definition) is 1. The van der Waals surface area contributed by atoms with E-state index in [1.165, 1.54) is 24.5 Å². The topological polar surface area (TPSA) is 90.1 Å². The molecule has 2 heterocycles. The number of nitrogens with one attached hydrogen (secondary N) is 1. The third-order valence-corrected chi connectivity index (χ3v) is 4.49. The predicted octanol–water partition coefficient (Wildman–Crippen LogP) is 3.94. The molecule has 0 aliphatic rings. The highest BCUT2D eigenvalue weighted by Gasteiger charge is 2.13. The molecule has 0 saturated heterocycles. The van der Waals surface area contributed by atoms with Crippen LogP contribution in [0.25, 0.3) is 22.6 Å². The number of benzene rings is 2. The summed E-state index contributed by atoms with van der Waals surface area (Å²) in [5.74, 6) is 0.195. The first-order valence-corrected chi connectivity index (χ1v) is 9.56. The molecule has 4 rings (SSSR count). The molecule has 0 radical (unpaired) electrons. The molecular weight excluding hydrogens is 399 g/mol. The van der Waals surface area contributed by atoms with Crippen molar-refractivity contribution in [3.05, 3.63) is 84.2 Å². The maximum atomic E-state index is 13.1. The molecule has 0 fully saturated rings. The Morgan fingerprint density at radius 2 is 2.00 bits per heavy atom. The molecule has 0 aliphatic carbocycles. The highest BCUT2D eigenvalue weighted by Crippen LogP contribution is 2.30. The molecule has 0 atom stereocenters. The van der Waals surface area contributed by atoms with Gasteiger partial charge in [-0.05, 0) is 24.6 Å². The second kappa shape index (κ2) is 9.17. The average molecular weight is 418 g/mol. The average Bonchev–Trinajstić information content (AvgIpc) is 3.23. The minimum Gasteiger partial charge on any atom is -0.484 e. The van der Waals surface area contributed by atoms with Crippen molar-refractivity contribution in [2.45, 2.75) is 13.5 Å². The van der Waals surface area contributed by atoms with Crippen molar-refractivity contribution in [1.29, 1.82) is 0 Å². The van der Waals surface area contributed by atoms with E-state index in [0.29, 0.717) is 18.1 Å². The summed E-state index contributed by atoms with van der Waals surface area (Å²) in [4.78, 5) is 20.5. The van der Waals surface area contributed by atoms with Gasteiger partial charge in [-0.3, -0.25) is 4.79 Å². The van der Waals surface area contributed by atoms with Gasteiger partial charge in [0.05, 0.1) is 17.0 Å². The zero-order chi connectivity index (χ0) is 21.6. The van der Waals surface area contributed by atoms with E-state index in [2.05, 4.69) is 20.4 Å². The third kappa shape index (κ3) is 5.11. The van der Waals surface area contributed by atoms with Crippen molar-refractivity contribution in [1.82, 2.24) is 20.4 Å². The number of halogens is 1. The summed E-state index contributed by atoms with van der Waals surface area (Å²) >= 11 is 0. The Morgan fingerprint density at radius 3 is 2.74 bits per heavy atom. The first kappa shape index (κ1) is 20.2. The van der Waals surface area contributed by atoms with E-state index in [9.17, 15) is 9.18 Å². The molecule has 156 valence electrons. The molecule has 1 amide bonds. The van der Waals surface area contributed by atoms with Crippen LogP contribution in [0.1, 0.15) is 11.3 Å². The maximum Gasteiger partial charge on any atom is 0.258 e. The number of aryl methyl sites for hydroxylation is 1. The van der Waals surface area contributed by atoms with E-state index in [4.69, 9.17) is 9.26 Å². The van der Waals surface area contributed by atoms with Crippen LogP contribution in [-0.2, 0) is 11.3 Å². The number of rotatable bonds is 7. The lowest BCUT2D eigenvalue weighted by Crippen LogP contribution is -2.28. The van der Waals surface area contributed by atoms with Gasteiger partial charge in [-0.25, -0.2) is 14.4 Å². The van der Waals surface area contributed by atoms with Crippen LogP contribution >= 0.6 is 0 Å². The Balaban J connectivity index is 1.37. The number of amides is 1. The van der Waals surface area contributed by atoms with Gasteiger partial charge in [0, 0.05) is 30.4 Å². The van der Waals surface area contributed by atoms with E-state index >= 15 is 0 Å². The molecule has 2 aromatic heterocycles. The molecule has 7 nitrogen and oxygen atoms in total. The Kier molecular flexibility index (Phi) is 5.98. The summed E-state index contributed by atoms with van der Waals surface area (Å²) in [6, 6.07) is 15.1. The van der Waals surface area contributed by atoms with Crippen LogP contribution < -0.4 is 10.1 Å². The lowest BCUT2D eigenvalue weighted by molar-refractivity contribution is -0.123. The van der Waals surface area contributed by atoms with Gasteiger partial charge in [-0.15, -0.1) is 0 Å². The lowest BCUT2D eigenvalue weighted by Gasteiger charge is -2.09. The van der Waals surface area contributed by atoms with Gasteiger partial charge < -0.3 is 14.6 Å². The largest absolute Gasteiger partial charge is 0.484 e. The van der Waals surface area contributed by atoms with Crippen molar-refractivity contribution >= 4 is 5.91 Å². The van der Waals surface area contributed by atoms with Crippen molar-refractivity contribution in [2.24, 2.45) is 0 Å². The van der Waals surface area contributed by atoms with Crippen LogP contribution in [0.3, 0.4) is 0 Å². The normalized spacial score (nSPS) is 10.6. The quantitative estimate of drug-likeness (QED) is 0.489. The fourth-order valence-corrected chi connectivity index (χ4v) is 2.97. The van der Waals surface area contributed by atoms with Gasteiger partial charge in [0.25, 0.3) is 5.91 Å². The zero-order valence-corrected chi connectivity index (χ0v) is 16.7. The molecule has 0 unspecified atom stereocenters. The molecule has 0 aliphatic heterocycles. The molecule has 0 saturated carbocycles. The standard InChI is InChI=1S/C23H19FN4O3/c1-15-9-21(31-28-15)20-12-25-14-27-23(20)17-7-5-16(6-8-17)11-26-22(29)13-30-19-4-2-3-18(24)10-19/h2-10,12,14H,11,13H2,1H3,(H,26,29). The summed E-state index contributed by atoms with van der Waals surface area (Å²) in [5, 5.41) is 6.70. The number of carbonyl (C=O) groups excluding carboxylic acids is 1. The van der Waals surface area contributed by atoms with E-state index in [0.717, 1.165) is 28.1 Å². The molecule has 31 heavy (non-hydrogen) atoms. The smallest absolute Gasteiger partial charge is 0.258 e.